The Morgan fingerprint density at radius 2 is 2.00 bits per heavy atom. The van der Waals surface area contributed by atoms with Crippen LogP contribution in [0.15, 0.2) is 6.07 Å². The van der Waals surface area contributed by atoms with Crippen molar-refractivity contribution in [3.05, 3.63) is 22.3 Å². The van der Waals surface area contributed by atoms with Crippen molar-refractivity contribution in [3.63, 3.8) is 0 Å². The lowest BCUT2D eigenvalue weighted by Crippen LogP contribution is -2.45. The van der Waals surface area contributed by atoms with Gasteiger partial charge < -0.3 is 14.4 Å². The number of hydrogen-bond acceptors (Lipinski definition) is 4. The average Bonchev–Trinajstić information content (AvgIpc) is 2.76. The molecule has 4 nitrogen and oxygen atoms in total. The number of nitrogens with zero attached hydrogens (tertiary/aromatic N) is 2. The lowest BCUT2D eigenvalue weighted by atomic mass is 10.1. The molecule has 1 aromatic rings. The average molecular weight is 269 g/mol. The summed E-state index contributed by atoms with van der Waals surface area (Å²) in [4.78, 5) is 6.73. The number of ether oxygens (including phenoxy) is 2. The van der Waals surface area contributed by atoms with Crippen LogP contribution in [0.1, 0.15) is 25.0 Å². The van der Waals surface area contributed by atoms with Gasteiger partial charge in [0.2, 0.25) is 0 Å². The van der Waals surface area contributed by atoms with Crippen molar-refractivity contribution in [3.8, 4) is 0 Å². The quantitative estimate of drug-likeness (QED) is 0.733. The number of fused-ring (bicyclic) bond motifs is 1. The van der Waals surface area contributed by atoms with E-state index in [1.165, 1.54) is 0 Å². The zero-order valence-electron chi connectivity index (χ0n) is 10.6. The van der Waals surface area contributed by atoms with Crippen molar-refractivity contribution in [1.82, 2.24) is 4.98 Å². The van der Waals surface area contributed by atoms with E-state index in [2.05, 4.69) is 29.8 Å². The monoisotopic (exact) mass is 268 g/mol. The SMILES string of the molecule is C[C@@H]1CN(c2cc3c(c(Cl)n2)COC3)C[C@H](C)O1. The van der Waals surface area contributed by atoms with E-state index in [4.69, 9.17) is 21.1 Å². The Labute approximate surface area is 112 Å². The molecule has 2 aliphatic rings. The summed E-state index contributed by atoms with van der Waals surface area (Å²) in [5, 5.41) is 0.576. The van der Waals surface area contributed by atoms with Gasteiger partial charge in [-0.3, -0.25) is 0 Å². The maximum absolute atomic E-state index is 6.22. The van der Waals surface area contributed by atoms with Crippen LogP contribution < -0.4 is 4.90 Å². The third-order valence-electron chi connectivity index (χ3n) is 3.40. The van der Waals surface area contributed by atoms with Gasteiger partial charge in [0.25, 0.3) is 0 Å². The third kappa shape index (κ3) is 2.20. The van der Waals surface area contributed by atoms with Gasteiger partial charge in [0, 0.05) is 18.7 Å². The zero-order chi connectivity index (χ0) is 12.7. The molecular weight excluding hydrogens is 252 g/mol. The number of rotatable bonds is 1. The first-order valence-corrected chi connectivity index (χ1v) is 6.67. The standard InChI is InChI=1S/C13H17ClN2O2/c1-8-4-16(5-9(2)18-8)12-3-10-6-17-7-11(10)13(14)15-12/h3,8-9H,4-7H2,1-2H3/t8-,9+. The lowest BCUT2D eigenvalue weighted by Gasteiger charge is -2.36. The lowest BCUT2D eigenvalue weighted by molar-refractivity contribution is -0.00546. The number of hydrogen-bond donors (Lipinski definition) is 0. The molecule has 1 fully saturated rings. The first-order valence-electron chi connectivity index (χ1n) is 6.30. The van der Waals surface area contributed by atoms with E-state index in [1.54, 1.807) is 0 Å². The molecule has 0 saturated carbocycles. The summed E-state index contributed by atoms with van der Waals surface area (Å²) in [5.74, 6) is 0.936. The molecule has 0 amide bonds. The van der Waals surface area contributed by atoms with Crippen molar-refractivity contribution in [2.45, 2.75) is 39.3 Å². The molecular formula is C13H17ClN2O2. The molecule has 1 saturated heterocycles. The van der Waals surface area contributed by atoms with E-state index in [-0.39, 0.29) is 12.2 Å². The Balaban J connectivity index is 1.90. The second kappa shape index (κ2) is 4.68. The van der Waals surface area contributed by atoms with Gasteiger partial charge in [-0.25, -0.2) is 4.98 Å². The Bertz CT molecular complexity index is 457. The number of anilines is 1. The fourth-order valence-corrected chi connectivity index (χ4v) is 2.91. The first kappa shape index (κ1) is 12.2. The van der Waals surface area contributed by atoms with Gasteiger partial charge in [-0.15, -0.1) is 0 Å². The highest BCUT2D eigenvalue weighted by molar-refractivity contribution is 6.30. The minimum absolute atomic E-state index is 0.221. The van der Waals surface area contributed by atoms with Crippen LogP contribution in [0, 0.1) is 0 Å². The van der Waals surface area contributed by atoms with Crippen LogP contribution in [-0.2, 0) is 22.7 Å². The minimum Gasteiger partial charge on any atom is -0.372 e. The molecule has 0 bridgehead atoms. The maximum atomic E-state index is 6.22. The highest BCUT2D eigenvalue weighted by Gasteiger charge is 2.25. The van der Waals surface area contributed by atoms with Crippen LogP contribution in [0.4, 0.5) is 5.82 Å². The Hall–Kier alpha value is -0.840. The molecule has 0 unspecified atom stereocenters. The van der Waals surface area contributed by atoms with E-state index in [9.17, 15) is 0 Å². The van der Waals surface area contributed by atoms with Crippen LogP contribution in [0.2, 0.25) is 5.15 Å². The van der Waals surface area contributed by atoms with Crippen LogP contribution in [0.25, 0.3) is 0 Å². The van der Waals surface area contributed by atoms with Crippen molar-refractivity contribution in [2.75, 3.05) is 18.0 Å². The van der Waals surface area contributed by atoms with Crippen molar-refractivity contribution in [1.29, 1.82) is 0 Å². The van der Waals surface area contributed by atoms with Gasteiger partial charge in [-0.05, 0) is 25.5 Å². The van der Waals surface area contributed by atoms with Gasteiger partial charge in [-0.1, -0.05) is 11.6 Å². The van der Waals surface area contributed by atoms with Gasteiger partial charge in [0.15, 0.2) is 0 Å². The van der Waals surface area contributed by atoms with Gasteiger partial charge >= 0.3 is 0 Å². The molecule has 3 heterocycles. The zero-order valence-corrected chi connectivity index (χ0v) is 11.4. The maximum Gasteiger partial charge on any atom is 0.137 e. The molecule has 5 heteroatoms. The molecule has 0 spiro atoms. The van der Waals surface area contributed by atoms with E-state index < -0.39 is 0 Å². The minimum atomic E-state index is 0.221. The Morgan fingerprint density at radius 1 is 1.28 bits per heavy atom. The number of morpholine rings is 1. The summed E-state index contributed by atoms with van der Waals surface area (Å²) in [6, 6.07) is 2.10. The molecule has 0 radical (unpaired) electrons. The van der Waals surface area contributed by atoms with E-state index in [1.807, 2.05) is 0 Å². The van der Waals surface area contributed by atoms with Crippen LogP contribution >= 0.6 is 11.6 Å². The molecule has 2 atom stereocenters. The molecule has 0 aromatic carbocycles. The molecule has 0 aliphatic carbocycles. The number of halogens is 1. The molecule has 0 N–H and O–H groups in total. The van der Waals surface area contributed by atoms with Crippen LogP contribution in [0.3, 0.4) is 0 Å². The second-order valence-corrected chi connectivity index (χ2v) is 5.42. The summed E-state index contributed by atoms with van der Waals surface area (Å²) in [7, 11) is 0. The summed E-state index contributed by atoms with van der Waals surface area (Å²) in [5.41, 5.74) is 2.20. The van der Waals surface area contributed by atoms with Crippen molar-refractivity contribution < 1.29 is 9.47 Å². The fourth-order valence-electron chi connectivity index (χ4n) is 2.65. The first-order chi connectivity index (χ1) is 8.63. The largest absolute Gasteiger partial charge is 0.372 e. The van der Waals surface area contributed by atoms with Crippen molar-refractivity contribution in [2.24, 2.45) is 0 Å². The van der Waals surface area contributed by atoms with Gasteiger partial charge in [0.1, 0.15) is 11.0 Å². The normalized spacial score (nSPS) is 27.4. The summed E-state index contributed by atoms with van der Waals surface area (Å²) < 4.78 is 11.1. The smallest absolute Gasteiger partial charge is 0.137 e. The number of aromatic nitrogens is 1. The van der Waals surface area contributed by atoms with Gasteiger partial charge in [0.05, 0.1) is 25.4 Å². The summed E-state index contributed by atoms with van der Waals surface area (Å²) in [6.45, 7) is 7.10. The summed E-state index contributed by atoms with van der Waals surface area (Å²) in [6.07, 6.45) is 0.442. The molecule has 3 rings (SSSR count). The van der Waals surface area contributed by atoms with Crippen molar-refractivity contribution >= 4 is 17.4 Å². The molecule has 18 heavy (non-hydrogen) atoms. The molecule has 1 aromatic heterocycles. The molecule has 2 aliphatic heterocycles. The highest BCUT2D eigenvalue weighted by Crippen LogP contribution is 2.30. The highest BCUT2D eigenvalue weighted by atomic mass is 35.5. The van der Waals surface area contributed by atoms with Gasteiger partial charge in [-0.2, -0.15) is 0 Å². The number of pyridine rings is 1. The topological polar surface area (TPSA) is 34.6 Å². The van der Waals surface area contributed by atoms with Crippen LogP contribution in [-0.4, -0.2) is 30.3 Å². The van der Waals surface area contributed by atoms with Crippen LogP contribution in [0.5, 0.6) is 0 Å². The second-order valence-electron chi connectivity index (χ2n) is 5.06. The van der Waals surface area contributed by atoms with E-state index in [0.717, 1.165) is 30.0 Å². The summed E-state index contributed by atoms with van der Waals surface area (Å²) >= 11 is 6.22. The predicted molar refractivity (Wildman–Crippen MR) is 70.0 cm³/mol. The van der Waals surface area contributed by atoms with E-state index in [0.29, 0.717) is 18.4 Å². The fraction of sp³-hybridized carbons (Fsp3) is 0.615. The Kier molecular flexibility index (Phi) is 3.18. The Morgan fingerprint density at radius 3 is 2.72 bits per heavy atom. The predicted octanol–water partition coefficient (Wildman–Crippen LogP) is 2.38. The molecule has 98 valence electrons. The van der Waals surface area contributed by atoms with E-state index >= 15 is 0 Å². The third-order valence-corrected chi connectivity index (χ3v) is 3.71.